The van der Waals surface area contributed by atoms with Crippen LogP contribution in [0.25, 0.3) is 21.1 Å². The molecule has 20 nitrogen and oxygen atoms in total. The predicted octanol–water partition coefficient (Wildman–Crippen LogP) is 3.42. The molecule has 0 unspecified atom stereocenters. The number of piperazine rings is 1. The first-order chi connectivity index (χ1) is 34.0. The van der Waals surface area contributed by atoms with Crippen molar-refractivity contribution in [2.24, 2.45) is 7.05 Å². The topological polar surface area (TPSA) is 204 Å². The summed E-state index contributed by atoms with van der Waals surface area (Å²) in [6, 6.07) is 10.2. The van der Waals surface area contributed by atoms with Gasteiger partial charge in [-0.25, -0.2) is 4.39 Å². The van der Waals surface area contributed by atoms with E-state index in [0.29, 0.717) is 36.5 Å². The van der Waals surface area contributed by atoms with Gasteiger partial charge in [0.1, 0.15) is 36.0 Å². The van der Waals surface area contributed by atoms with E-state index in [2.05, 4.69) is 30.8 Å². The van der Waals surface area contributed by atoms with Gasteiger partial charge in [0.05, 0.1) is 61.3 Å². The molecule has 2 aliphatic rings. The molecular formula is C48H60FN11O9S. The first-order valence-corrected chi connectivity index (χ1v) is 24.4. The SMILES string of the molecule is CN[C@@H](C)C(=O)N[C@@H](Cn1cccn1)C(=O)N1CCN(C(=O)c2c(C(=O)N(C)CCOCCOCCOc3cc(CN4CCC(Oc5ccnc6ccsc56)CC4)on3)c3cc(F)ccc3n2C)CC1. The van der Waals surface area contributed by atoms with Crippen LogP contribution in [0.4, 0.5) is 4.39 Å². The van der Waals surface area contributed by atoms with Crippen LogP contribution in [-0.2, 0) is 39.2 Å². The number of piperidine rings is 1. The van der Waals surface area contributed by atoms with E-state index >= 15 is 0 Å². The van der Waals surface area contributed by atoms with Gasteiger partial charge in [0.15, 0.2) is 5.76 Å². The highest BCUT2D eigenvalue weighted by molar-refractivity contribution is 7.17. The Hall–Kier alpha value is -6.46. The van der Waals surface area contributed by atoms with Gasteiger partial charge in [-0.15, -0.1) is 11.3 Å². The number of carbonyl (C=O) groups excluding carboxylic acids is 4. The normalized spacial score (nSPS) is 15.6. The third-order valence-electron chi connectivity index (χ3n) is 12.6. The Labute approximate surface area is 408 Å². The number of benzene rings is 1. The monoisotopic (exact) mass is 985 g/mol. The Morgan fingerprint density at radius 1 is 0.957 bits per heavy atom. The molecule has 4 amide bonds. The number of likely N-dealkylation sites (N-methyl/N-ethyl adjacent to an activating group) is 2. The number of aryl methyl sites for hydroxylation is 1. The van der Waals surface area contributed by atoms with Crippen LogP contribution in [-0.4, -0.2) is 179 Å². The van der Waals surface area contributed by atoms with Gasteiger partial charge in [-0.3, -0.25) is 33.7 Å². The molecule has 0 radical (unpaired) electrons. The minimum absolute atomic E-state index is 0.0820. The van der Waals surface area contributed by atoms with E-state index in [0.717, 1.165) is 47.7 Å². The van der Waals surface area contributed by atoms with E-state index in [4.69, 9.17) is 23.5 Å². The second kappa shape index (κ2) is 23.4. The molecule has 6 aromatic rings. The van der Waals surface area contributed by atoms with E-state index in [1.54, 1.807) is 95.2 Å². The third kappa shape index (κ3) is 12.1. The van der Waals surface area contributed by atoms with E-state index in [9.17, 15) is 23.6 Å². The number of ether oxygens (including phenoxy) is 4. The van der Waals surface area contributed by atoms with Crippen LogP contribution in [0.1, 0.15) is 46.4 Å². The number of thiophene rings is 1. The number of carbonyl (C=O) groups is 4. The maximum Gasteiger partial charge on any atom is 0.271 e. The van der Waals surface area contributed by atoms with Crippen molar-refractivity contribution < 1.29 is 47.0 Å². The number of nitrogens with one attached hydrogen (secondary N) is 2. The zero-order valence-electron chi connectivity index (χ0n) is 39.9. The molecule has 2 N–H and O–H groups in total. The molecule has 8 rings (SSSR count). The highest BCUT2D eigenvalue weighted by Crippen LogP contribution is 2.32. The predicted molar refractivity (Wildman–Crippen MR) is 257 cm³/mol. The summed E-state index contributed by atoms with van der Waals surface area (Å²) in [4.78, 5) is 66.4. The average molecular weight is 986 g/mol. The summed E-state index contributed by atoms with van der Waals surface area (Å²) in [6.45, 7) is 6.44. The molecule has 2 atom stereocenters. The Balaban J connectivity index is 0.754. The quantitative estimate of drug-likeness (QED) is 0.0937. The Morgan fingerprint density at radius 3 is 2.47 bits per heavy atom. The highest BCUT2D eigenvalue weighted by Gasteiger charge is 2.35. The van der Waals surface area contributed by atoms with Gasteiger partial charge in [0.25, 0.3) is 17.7 Å². The zero-order valence-corrected chi connectivity index (χ0v) is 40.7. The maximum atomic E-state index is 14.7. The highest BCUT2D eigenvalue weighted by atomic mass is 32.1. The van der Waals surface area contributed by atoms with Crippen LogP contribution in [0.15, 0.2) is 71.0 Å². The molecule has 70 heavy (non-hydrogen) atoms. The van der Waals surface area contributed by atoms with Crippen LogP contribution in [0, 0.1) is 5.82 Å². The molecule has 1 aromatic carbocycles. The summed E-state index contributed by atoms with van der Waals surface area (Å²) in [5, 5.41) is 16.3. The lowest BCUT2D eigenvalue weighted by atomic mass is 10.1. The molecule has 0 saturated carbocycles. The van der Waals surface area contributed by atoms with E-state index in [1.165, 1.54) is 17.0 Å². The van der Waals surface area contributed by atoms with Crippen molar-refractivity contribution in [2.45, 2.75) is 51.0 Å². The zero-order chi connectivity index (χ0) is 49.1. The first-order valence-electron chi connectivity index (χ1n) is 23.5. The summed E-state index contributed by atoms with van der Waals surface area (Å²) in [5.41, 5.74) is 1.68. The maximum absolute atomic E-state index is 14.7. The van der Waals surface area contributed by atoms with Gasteiger partial charge in [-0.05, 0) is 73.7 Å². The van der Waals surface area contributed by atoms with Gasteiger partial charge < -0.3 is 53.4 Å². The number of hydrogen-bond acceptors (Lipinski definition) is 15. The number of hydrogen-bond donors (Lipinski definition) is 2. The molecule has 2 aliphatic heterocycles. The minimum atomic E-state index is -0.889. The standard InChI is InChI=1S/C48H60FN11O9S/c1-32(50-2)45(61)53-38(31-60-14-5-12-52-60)46(62)58-17-19-59(20-18-58)48(64)43-42(36-28-33(49)6-7-39(36)56(43)4)47(63)55(3)21-22-65-23-24-66-25-26-67-41-29-35(69-54-41)30-57-15-9-34(10-16-57)68-40-8-13-51-37-11-27-70-44(37)40/h5-8,11-14,27-29,32,34,38,50H,9-10,15-26,30-31H2,1-4H3,(H,53,61)/t32-,38-/m0/s1. The third-order valence-corrected chi connectivity index (χ3v) is 13.6. The van der Waals surface area contributed by atoms with Crippen molar-refractivity contribution in [1.29, 1.82) is 0 Å². The Bertz CT molecular complexity index is 2710. The van der Waals surface area contributed by atoms with Gasteiger partial charge in [-0.1, -0.05) is 0 Å². The fourth-order valence-electron chi connectivity index (χ4n) is 8.58. The number of nitrogens with zero attached hydrogens (tertiary/aromatic N) is 9. The molecule has 374 valence electrons. The largest absolute Gasteiger partial charge is 0.489 e. The van der Waals surface area contributed by atoms with Crippen LogP contribution in [0.2, 0.25) is 0 Å². The number of fused-ring (bicyclic) bond motifs is 2. The van der Waals surface area contributed by atoms with Gasteiger partial charge >= 0.3 is 0 Å². The van der Waals surface area contributed by atoms with E-state index in [-0.39, 0.29) is 88.3 Å². The summed E-state index contributed by atoms with van der Waals surface area (Å²) in [6.07, 6.45) is 7.06. The summed E-state index contributed by atoms with van der Waals surface area (Å²) in [5.74, 6) is -0.0644. The van der Waals surface area contributed by atoms with Crippen molar-refractivity contribution in [3.63, 3.8) is 0 Å². The number of amides is 4. The van der Waals surface area contributed by atoms with Crippen LogP contribution in [0.3, 0.4) is 0 Å². The lowest BCUT2D eigenvalue weighted by molar-refractivity contribution is -0.138. The summed E-state index contributed by atoms with van der Waals surface area (Å²) < 4.78 is 48.1. The molecule has 0 bridgehead atoms. The molecule has 2 saturated heterocycles. The second-order valence-corrected chi connectivity index (χ2v) is 18.2. The van der Waals surface area contributed by atoms with Crippen molar-refractivity contribution >= 4 is 56.1 Å². The van der Waals surface area contributed by atoms with Crippen molar-refractivity contribution in [3.05, 3.63) is 89.3 Å². The fraction of sp³-hybridized carbons (Fsp3) is 0.479. The number of pyridine rings is 1. The summed E-state index contributed by atoms with van der Waals surface area (Å²) >= 11 is 1.64. The van der Waals surface area contributed by atoms with Crippen LogP contribution >= 0.6 is 11.3 Å². The molecule has 0 spiro atoms. The van der Waals surface area contributed by atoms with Crippen molar-refractivity contribution in [1.82, 2.24) is 54.7 Å². The number of halogens is 1. The summed E-state index contributed by atoms with van der Waals surface area (Å²) in [7, 11) is 4.93. The second-order valence-electron chi connectivity index (χ2n) is 17.3. The Kier molecular flexibility index (Phi) is 16.7. The van der Waals surface area contributed by atoms with E-state index < -0.39 is 29.7 Å². The number of rotatable bonds is 22. The van der Waals surface area contributed by atoms with Gasteiger partial charge in [0, 0.05) is 95.5 Å². The molecule has 5 aromatic heterocycles. The molecule has 7 heterocycles. The van der Waals surface area contributed by atoms with Crippen molar-refractivity contribution in [3.8, 4) is 11.6 Å². The molecule has 0 aliphatic carbocycles. The molecule has 2 fully saturated rings. The number of likely N-dealkylation sites (tertiary alicyclic amines) is 1. The van der Waals surface area contributed by atoms with Gasteiger partial charge in [0.2, 0.25) is 11.8 Å². The van der Waals surface area contributed by atoms with Crippen LogP contribution in [0.5, 0.6) is 11.6 Å². The van der Waals surface area contributed by atoms with Crippen molar-refractivity contribution in [2.75, 3.05) is 92.9 Å². The van der Waals surface area contributed by atoms with Crippen LogP contribution < -0.4 is 20.1 Å². The average Bonchev–Trinajstić information content (AvgIpc) is 4.21. The lowest BCUT2D eigenvalue weighted by Gasteiger charge is -2.37. The number of aromatic nitrogens is 5. The fourth-order valence-corrected chi connectivity index (χ4v) is 9.38. The Morgan fingerprint density at radius 2 is 1.71 bits per heavy atom. The first kappa shape index (κ1) is 49.9. The molecule has 22 heteroatoms. The molecular weight excluding hydrogens is 926 g/mol. The lowest BCUT2D eigenvalue weighted by Crippen LogP contribution is -2.58. The van der Waals surface area contributed by atoms with Gasteiger partial charge in [-0.2, -0.15) is 5.10 Å². The van der Waals surface area contributed by atoms with E-state index in [1.807, 2.05) is 17.5 Å². The smallest absolute Gasteiger partial charge is 0.271 e. The minimum Gasteiger partial charge on any atom is -0.489 e.